The van der Waals surface area contributed by atoms with Crippen molar-refractivity contribution in [2.75, 3.05) is 0 Å². The zero-order chi connectivity index (χ0) is 8.91. The van der Waals surface area contributed by atoms with Crippen molar-refractivity contribution in [2.45, 2.75) is 60.3 Å². The van der Waals surface area contributed by atoms with Gasteiger partial charge in [-0.2, -0.15) is 0 Å². The van der Waals surface area contributed by atoms with Gasteiger partial charge in [0.25, 0.3) is 0 Å². The first kappa shape index (κ1) is 11.0. The fourth-order valence-corrected chi connectivity index (χ4v) is 1.33. The number of hydrogen-bond donors (Lipinski definition) is 0. The Hall–Kier alpha value is 0. The Kier molecular flexibility index (Phi) is 4.79. The maximum Gasteiger partial charge on any atom is -0.0383 e. The third-order valence-corrected chi connectivity index (χ3v) is 2.46. The van der Waals surface area contributed by atoms with Crippen LogP contribution < -0.4 is 0 Å². The molecule has 68 valence electrons. The number of rotatable bonds is 4. The predicted molar refractivity (Wildman–Crippen MR) is 52.8 cm³/mol. The Labute approximate surface area is 72.4 Å². The second kappa shape index (κ2) is 4.79. The first-order valence-electron chi connectivity index (χ1n) is 4.99. The van der Waals surface area contributed by atoms with Gasteiger partial charge in [0.1, 0.15) is 0 Å². The Morgan fingerprint density at radius 1 is 1.00 bits per heavy atom. The van der Waals surface area contributed by atoms with Gasteiger partial charge < -0.3 is 0 Å². The van der Waals surface area contributed by atoms with Gasteiger partial charge in [0.15, 0.2) is 0 Å². The van der Waals surface area contributed by atoms with Crippen LogP contribution >= 0.6 is 0 Å². The molecule has 11 heavy (non-hydrogen) atoms. The normalized spacial score (nSPS) is 12.5. The van der Waals surface area contributed by atoms with E-state index in [-0.39, 0.29) is 0 Å². The maximum atomic E-state index is 2.33. The molecule has 0 heterocycles. The van der Waals surface area contributed by atoms with E-state index in [1.807, 2.05) is 0 Å². The summed E-state index contributed by atoms with van der Waals surface area (Å²) in [5.74, 6) is 0.967. The zero-order valence-electron chi connectivity index (χ0n) is 8.91. The first-order valence-corrected chi connectivity index (χ1v) is 4.99. The molecule has 0 aliphatic carbocycles. The molecule has 0 aromatic carbocycles. The van der Waals surface area contributed by atoms with Crippen molar-refractivity contribution >= 4 is 0 Å². The summed E-state index contributed by atoms with van der Waals surface area (Å²) in [5, 5.41) is 0. The molecule has 0 aliphatic rings. The topological polar surface area (TPSA) is 0 Å². The monoisotopic (exact) mass is 156 g/mol. The van der Waals surface area contributed by atoms with Crippen LogP contribution in [0.4, 0.5) is 0 Å². The zero-order valence-corrected chi connectivity index (χ0v) is 8.91. The second-order valence-corrected chi connectivity index (χ2v) is 4.78. The van der Waals surface area contributed by atoms with Crippen LogP contribution in [0.5, 0.6) is 0 Å². The first-order chi connectivity index (χ1) is 4.99. The molecule has 0 fully saturated rings. The van der Waals surface area contributed by atoms with Crippen molar-refractivity contribution in [3.8, 4) is 0 Å². The molecule has 0 aromatic heterocycles. The number of hydrogen-bond acceptors (Lipinski definition) is 0. The Morgan fingerprint density at radius 3 is 1.73 bits per heavy atom. The van der Waals surface area contributed by atoms with Crippen LogP contribution in [0, 0.1) is 11.3 Å². The molecule has 0 spiro atoms. The lowest BCUT2D eigenvalue weighted by Crippen LogP contribution is -2.08. The van der Waals surface area contributed by atoms with Crippen LogP contribution in [0.25, 0.3) is 0 Å². The lowest BCUT2D eigenvalue weighted by atomic mass is 9.85. The summed E-state index contributed by atoms with van der Waals surface area (Å²) < 4.78 is 0. The van der Waals surface area contributed by atoms with E-state index in [1.165, 1.54) is 25.7 Å². The summed E-state index contributed by atoms with van der Waals surface area (Å²) >= 11 is 0. The molecule has 0 nitrogen and oxygen atoms in total. The molecule has 0 saturated heterocycles. The second-order valence-electron chi connectivity index (χ2n) is 4.78. The summed E-state index contributed by atoms with van der Waals surface area (Å²) in [5.41, 5.74) is 0.530. The average molecular weight is 156 g/mol. The molecule has 0 saturated carbocycles. The summed E-state index contributed by atoms with van der Waals surface area (Å²) in [6, 6.07) is 0. The molecule has 0 N–H and O–H groups in total. The quantitative estimate of drug-likeness (QED) is 0.571. The van der Waals surface area contributed by atoms with Crippen molar-refractivity contribution in [3.05, 3.63) is 0 Å². The van der Waals surface area contributed by atoms with Crippen molar-refractivity contribution in [2.24, 2.45) is 11.3 Å². The SMILES string of the molecule is CCC(CC)CCC(C)(C)C. The maximum absolute atomic E-state index is 2.33. The third kappa shape index (κ3) is 6.40. The van der Waals surface area contributed by atoms with E-state index in [4.69, 9.17) is 0 Å². The van der Waals surface area contributed by atoms with Gasteiger partial charge in [-0.15, -0.1) is 0 Å². The minimum Gasteiger partial charge on any atom is -0.0651 e. The van der Waals surface area contributed by atoms with Crippen LogP contribution in [-0.4, -0.2) is 0 Å². The summed E-state index contributed by atoms with van der Waals surface area (Å²) in [4.78, 5) is 0. The highest BCUT2D eigenvalue weighted by atomic mass is 14.2. The smallest absolute Gasteiger partial charge is 0.0383 e. The summed E-state index contributed by atoms with van der Waals surface area (Å²) in [6.07, 6.45) is 5.50. The molecule has 0 aromatic rings. The third-order valence-electron chi connectivity index (χ3n) is 2.46. The molecule has 0 bridgehead atoms. The molecule has 0 amide bonds. The lowest BCUT2D eigenvalue weighted by Gasteiger charge is -2.21. The van der Waals surface area contributed by atoms with Gasteiger partial charge in [-0.05, 0) is 24.2 Å². The highest BCUT2D eigenvalue weighted by Crippen LogP contribution is 2.25. The summed E-state index contributed by atoms with van der Waals surface area (Å²) in [7, 11) is 0. The predicted octanol–water partition coefficient (Wildman–Crippen LogP) is 4.25. The summed E-state index contributed by atoms with van der Waals surface area (Å²) in [6.45, 7) is 11.6. The minimum absolute atomic E-state index is 0.530. The van der Waals surface area contributed by atoms with E-state index < -0.39 is 0 Å². The highest BCUT2D eigenvalue weighted by molar-refractivity contribution is 4.64. The van der Waals surface area contributed by atoms with E-state index in [0.717, 1.165) is 5.92 Å². The average Bonchev–Trinajstić information content (AvgIpc) is 1.88. The van der Waals surface area contributed by atoms with Crippen molar-refractivity contribution in [1.82, 2.24) is 0 Å². The van der Waals surface area contributed by atoms with Crippen molar-refractivity contribution in [3.63, 3.8) is 0 Å². The molecule has 0 rings (SSSR count). The van der Waals surface area contributed by atoms with Gasteiger partial charge in [-0.25, -0.2) is 0 Å². The van der Waals surface area contributed by atoms with Crippen LogP contribution in [0.3, 0.4) is 0 Å². The van der Waals surface area contributed by atoms with Crippen LogP contribution in [-0.2, 0) is 0 Å². The van der Waals surface area contributed by atoms with Crippen molar-refractivity contribution in [1.29, 1.82) is 0 Å². The molecule has 0 radical (unpaired) electrons. The molecule has 0 atom stereocenters. The van der Waals surface area contributed by atoms with Gasteiger partial charge in [0.05, 0.1) is 0 Å². The lowest BCUT2D eigenvalue weighted by molar-refractivity contribution is 0.313. The molecule has 0 unspecified atom stereocenters. The van der Waals surface area contributed by atoms with Gasteiger partial charge >= 0.3 is 0 Å². The van der Waals surface area contributed by atoms with Gasteiger partial charge in [0.2, 0.25) is 0 Å². The van der Waals surface area contributed by atoms with Crippen LogP contribution in [0.1, 0.15) is 60.3 Å². The fourth-order valence-electron chi connectivity index (χ4n) is 1.33. The van der Waals surface area contributed by atoms with Crippen molar-refractivity contribution < 1.29 is 0 Å². The van der Waals surface area contributed by atoms with E-state index in [1.54, 1.807) is 0 Å². The Balaban J connectivity index is 3.51. The molecule has 0 heteroatoms. The van der Waals surface area contributed by atoms with Gasteiger partial charge in [-0.1, -0.05) is 47.5 Å². The van der Waals surface area contributed by atoms with E-state index in [0.29, 0.717) is 5.41 Å². The fraction of sp³-hybridized carbons (Fsp3) is 1.00. The van der Waals surface area contributed by atoms with E-state index in [9.17, 15) is 0 Å². The Morgan fingerprint density at radius 2 is 1.45 bits per heavy atom. The van der Waals surface area contributed by atoms with E-state index >= 15 is 0 Å². The van der Waals surface area contributed by atoms with Crippen LogP contribution in [0.15, 0.2) is 0 Å². The highest BCUT2D eigenvalue weighted by Gasteiger charge is 2.12. The largest absolute Gasteiger partial charge is 0.0651 e. The van der Waals surface area contributed by atoms with Gasteiger partial charge in [0, 0.05) is 0 Å². The van der Waals surface area contributed by atoms with E-state index in [2.05, 4.69) is 34.6 Å². The molecule has 0 aliphatic heterocycles. The van der Waals surface area contributed by atoms with Crippen LogP contribution in [0.2, 0.25) is 0 Å². The van der Waals surface area contributed by atoms with Gasteiger partial charge in [-0.3, -0.25) is 0 Å². The molecular weight excluding hydrogens is 132 g/mol. The Bertz CT molecular complexity index is 82.7. The standard InChI is InChI=1S/C11H24/c1-6-10(7-2)8-9-11(3,4)5/h10H,6-9H2,1-5H3. The molecular formula is C11H24. The minimum atomic E-state index is 0.530.